The number of hydrogen-bond donors (Lipinski definition) is 1. The lowest BCUT2D eigenvalue weighted by Gasteiger charge is -2.36. The van der Waals surface area contributed by atoms with Crippen LogP contribution in [0.25, 0.3) is 0 Å². The fraction of sp³-hybridized carbons (Fsp3) is 0.500. The standard InChI is InChI=1S/C14H18Br2N2O/c1-9-4-5-18(8-10(9)7-17)14(19)12-6-11(15)2-3-13(12)16/h2-3,6,9-10H,4-5,7-8,17H2,1H3. The maximum Gasteiger partial charge on any atom is 0.255 e. The molecule has 2 rings (SSSR count). The Hall–Kier alpha value is -0.390. The van der Waals surface area contributed by atoms with Gasteiger partial charge in [-0.05, 0) is 58.9 Å². The van der Waals surface area contributed by atoms with Gasteiger partial charge in [-0.3, -0.25) is 4.79 Å². The first-order valence-electron chi connectivity index (χ1n) is 6.47. The Labute approximate surface area is 130 Å². The Balaban J connectivity index is 2.18. The van der Waals surface area contributed by atoms with Gasteiger partial charge in [0.2, 0.25) is 0 Å². The molecule has 2 atom stereocenters. The zero-order valence-electron chi connectivity index (χ0n) is 10.9. The van der Waals surface area contributed by atoms with Gasteiger partial charge in [0.1, 0.15) is 0 Å². The summed E-state index contributed by atoms with van der Waals surface area (Å²) in [5, 5.41) is 0. The number of hydrogen-bond acceptors (Lipinski definition) is 2. The Bertz CT molecular complexity index is 479. The lowest BCUT2D eigenvalue weighted by molar-refractivity contribution is 0.0617. The van der Waals surface area contributed by atoms with Crippen LogP contribution in [-0.4, -0.2) is 30.4 Å². The second-order valence-corrected chi connectivity index (χ2v) is 6.91. The summed E-state index contributed by atoms with van der Waals surface area (Å²) in [4.78, 5) is 14.5. The number of halogens is 2. The van der Waals surface area contributed by atoms with Gasteiger partial charge < -0.3 is 10.6 Å². The summed E-state index contributed by atoms with van der Waals surface area (Å²) in [6.07, 6.45) is 1.03. The molecule has 1 fully saturated rings. The van der Waals surface area contributed by atoms with E-state index in [1.165, 1.54) is 0 Å². The van der Waals surface area contributed by atoms with Crippen LogP contribution in [0, 0.1) is 11.8 Å². The predicted molar refractivity (Wildman–Crippen MR) is 84.1 cm³/mol. The zero-order chi connectivity index (χ0) is 14.0. The van der Waals surface area contributed by atoms with Gasteiger partial charge in [0.15, 0.2) is 0 Å². The topological polar surface area (TPSA) is 46.3 Å². The Morgan fingerprint density at radius 2 is 2.21 bits per heavy atom. The minimum atomic E-state index is 0.0820. The van der Waals surface area contributed by atoms with Crippen molar-refractivity contribution >= 4 is 37.8 Å². The molecule has 0 spiro atoms. The third-order valence-corrected chi connectivity index (χ3v) is 5.05. The molecule has 1 aromatic carbocycles. The molecule has 0 aliphatic carbocycles. The first kappa shape index (κ1) is 15.0. The van der Waals surface area contributed by atoms with Crippen molar-refractivity contribution in [3.63, 3.8) is 0 Å². The van der Waals surface area contributed by atoms with Crippen molar-refractivity contribution in [2.75, 3.05) is 19.6 Å². The average molecular weight is 390 g/mol. The summed E-state index contributed by atoms with van der Waals surface area (Å²) in [5.41, 5.74) is 6.50. The lowest BCUT2D eigenvalue weighted by Crippen LogP contribution is -2.45. The van der Waals surface area contributed by atoms with Crippen LogP contribution in [0.3, 0.4) is 0 Å². The number of nitrogens with zero attached hydrogens (tertiary/aromatic N) is 1. The largest absolute Gasteiger partial charge is 0.338 e. The van der Waals surface area contributed by atoms with E-state index in [9.17, 15) is 4.79 Å². The van der Waals surface area contributed by atoms with Gasteiger partial charge in [-0.25, -0.2) is 0 Å². The zero-order valence-corrected chi connectivity index (χ0v) is 14.1. The molecule has 1 amide bonds. The number of carbonyl (C=O) groups is 1. The molecule has 5 heteroatoms. The molecule has 0 radical (unpaired) electrons. The smallest absolute Gasteiger partial charge is 0.255 e. The molecule has 1 saturated heterocycles. The van der Waals surface area contributed by atoms with Gasteiger partial charge in [0.25, 0.3) is 5.91 Å². The number of carbonyl (C=O) groups excluding carboxylic acids is 1. The van der Waals surface area contributed by atoms with Gasteiger partial charge in [-0.2, -0.15) is 0 Å². The highest BCUT2D eigenvalue weighted by atomic mass is 79.9. The molecule has 1 aliphatic rings. The van der Waals surface area contributed by atoms with E-state index in [0.717, 1.165) is 28.5 Å². The van der Waals surface area contributed by atoms with Gasteiger partial charge >= 0.3 is 0 Å². The van der Waals surface area contributed by atoms with Gasteiger partial charge in [-0.15, -0.1) is 0 Å². The lowest BCUT2D eigenvalue weighted by atomic mass is 9.87. The monoisotopic (exact) mass is 388 g/mol. The first-order chi connectivity index (χ1) is 9.02. The van der Waals surface area contributed by atoms with Crippen LogP contribution in [-0.2, 0) is 0 Å². The summed E-state index contributed by atoms with van der Waals surface area (Å²) in [6, 6.07) is 5.67. The molecular weight excluding hydrogens is 372 g/mol. The number of amides is 1. The summed E-state index contributed by atoms with van der Waals surface area (Å²) in [6.45, 7) is 4.43. The molecular formula is C14H18Br2N2O. The van der Waals surface area contributed by atoms with Crippen LogP contribution in [0.4, 0.5) is 0 Å². The summed E-state index contributed by atoms with van der Waals surface area (Å²) < 4.78 is 1.75. The Morgan fingerprint density at radius 3 is 2.89 bits per heavy atom. The summed E-state index contributed by atoms with van der Waals surface area (Å²) >= 11 is 6.86. The maximum atomic E-state index is 12.6. The third kappa shape index (κ3) is 3.38. The molecule has 104 valence electrons. The van der Waals surface area contributed by atoms with Crippen molar-refractivity contribution < 1.29 is 4.79 Å². The molecule has 1 aromatic rings. The Kier molecular flexibility index (Phi) is 5.03. The van der Waals surface area contributed by atoms with Crippen molar-refractivity contribution in [1.29, 1.82) is 0 Å². The SMILES string of the molecule is CC1CCN(C(=O)c2cc(Br)ccc2Br)CC1CN. The van der Waals surface area contributed by atoms with Gasteiger partial charge in [-0.1, -0.05) is 22.9 Å². The number of likely N-dealkylation sites (tertiary alicyclic amines) is 1. The van der Waals surface area contributed by atoms with E-state index in [1.807, 2.05) is 23.1 Å². The van der Waals surface area contributed by atoms with Crippen molar-refractivity contribution in [1.82, 2.24) is 4.90 Å². The van der Waals surface area contributed by atoms with E-state index < -0.39 is 0 Å². The van der Waals surface area contributed by atoms with Crippen LogP contribution >= 0.6 is 31.9 Å². The number of piperidine rings is 1. The van der Waals surface area contributed by atoms with Crippen LogP contribution in [0.5, 0.6) is 0 Å². The second kappa shape index (κ2) is 6.37. The van der Waals surface area contributed by atoms with Crippen molar-refractivity contribution in [2.45, 2.75) is 13.3 Å². The molecule has 1 heterocycles. The number of rotatable bonds is 2. The van der Waals surface area contributed by atoms with Crippen LogP contribution < -0.4 is 5.73 Å². The van der Waals surface area contributed by atoms with E-state index >= 15 is 0 Å². The first-order valence-corrected chi connectivity index (χ1v) is 8.06. The molecule has 3 nitrogen and oxygen atoms in total. The third-order valence-electron chi connectivity index (χ3n) is 3.86. The maximum absolute atomic E-state index is 12.6. The molecule has 19 heavy (non-hydrogen) atoms. The van der Waals surface area contributed by atoms with E-state index in [-0.39, 0.29) is 5.91 Å². The van der Waals surface area contributed by atoms with E-state index in [4.69, 9.17) is 5.73 Å². The highest BCUT2D eigenvalue weighted by molar-refractivity contribution is 9.11. The Morgan fingerprint density at radius 1 is 1.47 bits per heavy atom. The van der Waals surface area contributed by atoms with E-state index in [1.54, 1.807) is 0 Å². The molecule has 2 unspecified atom stereocenters. The highest BCUT2D eigenvalue weighted by Crippen LogP contribution is 2.27. The average Bonchev–Trinajstić information content (AvgIpc) is 2.41. The van der Waals surface area contributed by atoms with Crippen LogP contribution in [0.1, 0.15) is 23.7 Å². The van der Waals surface area contributed by atoms with Gasteiger partial charge in [0.05, 0.1) is 5.56 Å². The van der Waals surface area contributed by atoms with Crippen molar-refractivity contribution in [2.24, 2.45) is 17.6 Å². The summed E-state index contributed by atoms with van der Waals surface area (Å²) in [7, 11) is 0. The van der Waals surface area contributed by atoms with Gasteiger partial charge in [0, 0.05) is 22.0 Å². The quantitative estimate of drug-likeness (QED) is 0.843. The molecule has 0 bridgehead atoms. The summed E-state index contributed by atoms with van der Waals surface area (Å²) in [5.74, 6) is 1.09. The number of benzene rings is 1. The molecule has 2 N–H and O–H groups in total. The molecule has 1 aliphatic heterocycles. The highest BCUT2D eigenvalue weighted by Gasteiger charge is 2.29. The molecule has 0 saturated carbocycles. The minimum Gasteiger partial charge on any atom is -0.338 e. The van der Waals surface area contributed by atoms with Crippen LogP contribution in [0.15, 0.2) is 27.1 Å². The minimum absolute atomic E-state index is 0.0820. The molecule has 0 aromatic heterocycles. The second-order valence-electron chi connectivity index (χ2n) is 5.14. The van der Waals surface area contributed by atoms with Crippen molar-refractivity contribution in [3.8, 4) is 0 Å². The fourth-order valence-corrected chi connectivity index (χ4v) is 3.25. The van der Waals surface area contributed by atoms with Crippen molar-refractivity contribution in [3.05, 3.63) is 32.7 Å². The fourth-order valence-electron chi connectivity index (χ4n) is 2.47. The van der Waals surface area contributed by atoms with E-state index in [2.05, 4.69) is 38.8 Å². The van der Waals surface area contributed by atoms with E-state index in [0.29, 0.717) is 23.9 Å². The number of nitrogens with two attached hydrogens (primary N) is 1. The predicted octanol–water partition coefficient (Wildman–Crippen LogP) is 3.27. The normalized spacial score (nSPS) is 23.5. The van der Waals surface area contributed by atoms with Crippen LogP contribution in [0.2, 0.25) is 0 Å².